The van der Waals surface area contributed by atoms with Crippen molar-refractivity contribution >= 4 is 5.91 Å². The Kier molecular flexibility index (Phi) is 6.76. The normalized spacial score (nSPS) is 17.2. The second-order valence-corrected chi connectivity index (χ2v) is 5.66. The fraction of sp³-hybridized carbons (Fsp3) is 0.625. The minimum absolute atomic E-state index is 0.0483. The van der Waals surface area contributed by atoms with Gasteiger partial charge in [0.1, 0.15) is 6.54 Å². The zero-order valence-electron chi connectivity index (χ0n) is 13.6. The number of carbonyl (C=O) groups excluding carboxylic acids is 1. The lowest BCUT2D eigenvalue weighted by Crippen LogP contribution is -2.51. The van der Waals surface area contributed by atoms with Crippen LogP contribution in [0.3, 0.4) is 0 Å². The van der Waals surface area contributed by atoms with E-state index in [1.807, 2.05) is 6.92 Å². The number of piperazine rings is 1. The molecular weight excluding hydrogens is 298 g/mol. The van der Waals surface area contributed by atoms with Gasteiger partial charge in [0, 0.05) is 51.6 Å². The topological polar surface area (TPSA) is 75.0 Å². The molecule has 7 heteroatoms. The Balaban J connectivity index is 1.76. The molecule has 0 aromatic carbocycles. The van der Waals surface area contributed by atoms with Gasteiger partial charge < -0.3 is 19.3 Å². The SMILES string of the molecule is CCOCC(O)CN1CCN(C(=O)Cn2ccccc2=O)CC1. The van der Waals surface area contributed by atoms with Crippen LogP contribution in [0.5, 0.6) is 0 Å². The molecule has 1 aromatic rings. The maximum Gasteiger partial charge on any atom is 0.250 e. The van der Waals surface area contributed by atoms with Crippen molar-refractivity contribution in [3.8, 4) is 0 Å². The first kappa shape index (κ1) is 17.7. The molecule has 1 saturated heterocycles. The minimum atomic E-state index is -0.500. The Labute approximate surface area is 136 Å². The third-order valence-electron chi connectivity index (χ3n) is 3.91. The van der Waals surface area contributed by atoms with E-state index in [1.165, 1.54) is 10.6 Å². The molecule has 2 heterocycles. The summed E-state index contributed by atoms with van der Waals surface area (Å²) in [6.07, 6.45) is 1.13. The van der Waals surface area contributed by atoms with Crippen molar-refractivity contribution in [1.29, 1.82) is 0 Å². The lowest BCUT2D eigenvalue weighted by atomic mass is 10.2. The van der Waals surface area contributed by atoms with Crippen LogP contribution in [0.25, 0.3) is 0 Å². The molecule has 1 fully saturated rings. The number of ether oxygens (including phenoxy) is 1. The van der Waals surface area contributed by atoms with Gasteiger partial charge in [-0.15, -0.1) is 0 Å². The minimum Gasteiger partial charge on any atom is -0.389 e. The first-order valence-electron chi connectivity index (χ1n) is 8.01. The largest absolute Gasteiger partial charge is 0.389 e. The fourth-order valence-electron chi connectivity index (χ4n) is 2.62. The van der Waals surface area contributed by atoms with Crippen LogP contribution in [-0.4, -0.2) is 77.4 Å². The lowest BCUT2D eigenvalue weighted by Gasteiger charge is -2.35. The second-order valence-electron chi connectivity index (χ2n) is 5.66. The van der Waals surface area contributed by atoms with Gasteiger partial charge in [0.05, 0.1) is 12.7 Å². The predicted molar refractivity (Wildman–Crippen MR) is 86.2 cm³/mol. The van der Waals surface area contributed by atoms with E-state index in [-0.39, 0.29) is 18.0 Å². The number of aliphatic hydroxyl groups is 1. The summed E-state index contributed by atoms with van der Waals surface area (Å²) in [6.45, 7) is 6.13. The Morgan fingerprint density at radius 2 is 2.04 bits per heavy atom. The van der Waals surface area contributed by atoms with Gasteiger partial charge in [-0.05, 0) is 13.0 Å². The summed E-state index contributed by atoms with van der Waals surface area (Å²) >= 11 is 0. The average molecular weight is 323 g/mol. The molecule has 0 spiro atoms. The van der Waals surface area contributed by atoms with Crippen molar-refractivity contribution in [2.24, 2.45) is 0 Å². The second kappa shape index (κ2) is 8.81. The molecule has 2 rings (SSSR count). The van der Waals surface area contributed by atoms with E-state index in [2.05, 4.69) is 4.90 Å². The van der Waals surface area contributed by atoms with Crippen molar-refractivity contribution in [3.63, 3.8) is 0 Å². The van der Waals surface area contributed by atoms with E-state index in [1.54, 1.807) is 23.2 Å². The fourth-order valence-corrected chi connectivity index (χ4v) is 2.62. The van der Waals surface area contributed by atoms with Crippen LogP contribution >= 0.6 is 0 Å². The van der Waals surface area contributed by atoms with Crippen molar-refractivity contribution in [2.75, 3.05) is 45.9 Å². The summed E-state index contributed by atoms with van der Waals surface area (Å²) in [4.78, 5) is 27.8. The van der Waals surface area contributed by atoms with Crippen LogP contribution < -0.4 is 5.56 Å². The van der Waals surface area contributed by atoms with Crippen molar-refractivity contribution in [1.82, 2.24) is 14.4 Å². The first-order chi connectivity index (χ1) is 11.1. The summed E-state index contributed by atoms with van der Waals surface area (Å²) in [6, 6.07) is 4.85. The highest BCUT2D eigenvalue weighted by atomic mass is 16.5. The maximum absolute atomic E-state index is 12.3. The van der Waals surface area contributed by atoms with Crippen LogP contribution in [-0.2, 0) is 16.1 Å². The van der Waals surface area contributed by atoms with E-state index in [4.69, 9.17) is 4.74 Å². The van der Waals surface area contributed by atoms with Gasteiger partial charge in [-0.3, -0.25) is 14.5 Å². The average Bonchev–Trinajstić information content (AvgIpc) is 2.55. The molecule has 1 unspecified atom stereocenters. The summed E-state index contributed by atoms with van der Waals surface area (Å²) in [5.41, 5.74) is -0.168. The van der Waals surface area contributed by atoms with Gasteiger partial charge in [-0.1, -0.05) is 6.07 Å². The van der Waals surface area contributed by atoms with Gasteiger partial charge in [0.25, 0.3) is 5.56 Å². The molecule has 128 valence electrons. The molecule has 0 aliphatic carbocycles. The highest BCUT2D eigenvalue weighted by molar-refractivity contribution is 5.76. The Bertz CT molecular complexity index is 552. The number of hydrogen-bond acceptors (Lipinski definition) is 5. The van der Waals surface area contributed by atoms with Crippen LogP contribution in [0, 0.1) is 0 Å². The first-order valence-corrected chi connectivity index (χ1v) is 8.01. The number of carbonyl (C=O) groups is 1. The number of nitrogens with zero attached hydrogens (tertiary/aromatic N) is 3. The van der Waals surface area contributed by atoms with Gasteiger partial charge in [-0.2, -0.15) is 0 Å². The highest BCUT2D eigenvalue weighted by Crippen LogP contribution is 2.04. The number of aliphatic hydroxyl groups excluding tert-OH is 1. The number of pyridine rings is 1. The van der Waals surface area contributed by atoms with Gasteiger partial charge in [-0.25, -0.2) is 0 Å². The molecule has 1 aromatic heterocycles. The summed E-state index contributed by atoms with van der Waals surface area (Å²) in [7, 11) is 0. The van der Waals surface area contributed by atoms with Crippen LogP contribution in [0.2, 0.25) is 0 Å². The van der Waals surface area contributed by atoms with Gasteiger partial charge in [0.2, 0.25) is 5.91 Å². The molecule has 23 heavy (non-hydrogen) atoms. The van der Waals surface area contributed by atoms with E-state index < -0.39 is 6.10 Å². The number of rotatable bonds is 7. The molecular formula is C16H25N3O4. The molecule has 0 radical (unpaired) electrons. The highest BCUT2D eigenvalue weighted by Gasteiger charge is 2.22. The van der Waals surface area contributed by atoms with E-state index in [0.717, 1.165) is 13.1 Å². The van der Waals surface area contributed by atoms with E-state index in [9.17, 15) is 14.7 Å². The summed E-state index contributed by atoms with van der Waals surface area (Å²) in [5.74, 6) is -0.0483. The Hall–Kier alpha value is -1.70. The van der Waals surface area contributed by atoms with E-state index >= 15 is 0 Å². The standard InChI is InChI=1S/C16H25N3O4/c1-2-23-13-14(20)11-17-7-9-18(10-8-17)16(22)12-19-6-4-3-5-15(19)21/h3-6,14,20H,2,7-13H2,1H3. The van der Waals surface area contributed by atoms with Crippen molar-refractivity contribution < 1.29 is 14.6 Å². The molecule has 1 atom stereocenters. The molecule has 1 N–H and O–H groups in total. The Morgan fingerprint density at radius 3 is 2.70 bits per heavy atom. The third-order valence-corrected chi connectivity index (χ3v) is 3.91. The molecule has 1 aliphatic rings. The summed E-state index contributed by atoms with van der Waals surface area (Å²) < 4.78 is 6.62. The molecule has 1 amide bonds. The van der Waals surface area contributed by atoms with Crippen LogP contribution in [0.1, 0.15) is 6.92 Å². The third kappa shape index (κ3) is 5.46. The van der Waals surface area contributed by atoms with Gasteiger partial charge >= 0.3 is 0 Å². The molecule has 7 nitrogen and oxygen atoms in total. The zero-order valence-corrected chi connectivity index (χ0v) is 13.6. The quantitative estimate of drug-likeness (QED) is 0.724. The Morgan fingerprint density at radius 1 is 1.30 bits per heavy atom. The van der Waals surface area contributed by atoms with Crippen LogP contribution in [0.4, 0.5) is 0 Å². The number of amides is 1. The molecule has 0 saturated carbocycles. The van der Waals surface area contributed by atoms with Crippen LogP contribution in [0.15, 0.2) is 29.2 Å². The van der Waals surface area contributed by atoms with Crippen molar-refractivity contribution in [2.45, 2.75) is 19.6 Å². The zero-order chi connectivity index (χ0) is 16.7. The predicted octanol–water partition coefficient (Wildman–Crippen LogP) is -0.610. The molecule has 0 bridgehead atoms. The maximum atomic E-state index is 12.3. The number of β-amino-alcohol motifs (C(OH)–C–C–N with tert-alkyl or cyclic N) is 1. The van der Waals surface area contributed by atoms with Crippen molar-refractivity contribution in [3.05, 3.63) is 34.7 Å². The number of hydrogen-bond donors (Lipinski definition) is 1. The molecule has 1 aliphatic heterocycles. The number of aromatic nitrogens is 1. The monoisotopic (exact) mass is 323 g/mol. The smallest absolute Gasteiger partial charge is 0.250 e. The summed E-state index contributed by atoms with van der Waals surface area (Å²) in [5, 5.41) is 9.85. The van der Waals surface area contributed by atoms with Gasteiger partial charge in [0.15, 0.2) is 0 Å². The van der Waals surface area contributed by atoms with E-state index in [0.29, 0.717) is 32.8 Å². The lowest BCUT2D eigenvalue weighted by molar-refractivity contribution is -0.133.